The first-order chi connectivity index (χ1) is 7.27. The fraction of sp³-hybridized carbons (Fsp3) is 0.583. The highest BCUT2D eigenvalue weighted by atomic mass is 32.1. The zero-order chi connectivity index (χ0) is 10.7. The predicted molar refractivity (Wildman–Crippen MR) is 61.1 cm³/mol. The third-order valence-corrected chi connectivity index (χ3v) is 4.05. The van der Waals surface area contributed by atoms with E-state index in [2.05, 4.69) is 5.38 Å². The van der Waals surface area contributed by atoms with Crippen LogP contribution in [0.4, 0.5) is 0 Å². The van der Waals surface area contributed by atoms with Crippen LogP contribution in [0, 0.1) is 11.8 Å². The summed E-state index contributed by atoms with van der Waals surface area (Å²) in [7, 11) is 0. The molecule has 0 bridgehead atoms. The molecular weight excluding hydrogens is 208 g/mol. The molecule has 82 valence electrons. The zero-order valence-electron chi connectivity index (χ0n) is 8.69. The first kappa shape index (κ1) is 10.7. The van der Waals surface area contributed by atoms with Gasteiger partial charge in [-0.1, -0.05) is 12.8 Å². The molecule has 1 fully saturated rings. The monoisotopic (exact) mass is 224 g/mol. The smallest absolute Gasteiger partial charge is 0.307 e. The summed E-state index contributed by atoms with van der Waals surface area (Å²) in [6.07, 6.45) is 5.32. The van der Waals surface area contributed by atoms with Gasteiger partial charge < -0.3 is 5.11 Å². The van der Waals surface area contributed by atoms with E-state index in [1.165, 1.54) is 18.4 Å². The second-order valence-corrected chi connectivity index (χ2v) is 5.11. The van der Waals surface area contributed by atoms with E-state index in [1.807, 2.05) is 11.4 Å². The van der Waals surface area contributed by atoms with E-state index in [0.29, 0.717) is 12.3 Å². The van der Waals surface area contributed by atoms with Crippen LogP contribution in [0.15, 0.2) is 16.8 Å². The highest BCUT2D eigenvalue weighted by Gasteiger charge is 2.30. The number of hydrogen-bond donors (Lipinski definition) is 1. The maximum atomic E-state index is 11.2. The lowest BCUT2D eigenvalue weighted by Gasteiger charge is -2.18. The summed E-state index contributed by atoms with van der Waals surface area (Å²) in [6.45, 7) is 0. The molecule has 3 heteroatoms. The summed E-state index contributed by atoms with van der Waals surface area (Å²) in [5.74, 6) is -0.377. The second kappa shape index (κ2) is 4.79. The molecule has 0 aliphatic heterocycles. The quantitative estimate of drug-likeness (QED) is 0.852. The summed E-state index contributed by atoms with van der Waals surface area (Å²) in [5, 5.41) is 13.3. The van der Waals surface area contributed by atoms with Crippen LogP contribution < -0.4 is 0 Å². The van der Waals surface area contributed by atoms with Crippen LogP contribution >= 0.6 is 11.3 Å². The highest BCUT2D eigenvalue weighted by molar-refractivity contribution is 7.07. The Morgan fingerprint density at radius 3 is 2.80 bits per heavy atom. The summed E-state index contributed by atoms with van der Waals surface area (Å²) in [6, 6.07) is 2.04. The maximum absolute atomic E-state index is 11.2. The molecule has 15 heavy (non-hydrogen) atoms. The third-order valence-electron chi connectivity index (χ3n) is 3.32. The van der Waals surface area contributed by atoms with Crippen LogP contribution in [0.25, 0.3) is 0 Å². The Balaban J connectivity index is 2.03. The normalized spacial score (nSPS) is 19.2. The number of aliphatic carboxylic acids is 1. The van der Waals surface area contributed by atoms with Gasteiger partial charge in [0.25, 0.3) is 0 Å². The molecular formula is C12H16O2S. The SMILES string of the molecule is O=C(O)C(Cc1ccsc1)C1CCCC1. The molecule has 1 saturated carbocycles. The van der Waals surface area contributed by atoms with Crippen LogP contribution in [0.1, 0.15) is 31.2 Å². The maximum Gasteiger partial charge on any atom is 0.307 e. The first-order valence-electron chi connectivity index (χ1n) is 5.51. The van der Waals surface area contributed by atoms with E-state index in [4.69, 9.17) is 0 Å². The molecule has 1 aromatic heterocycles. The lowest BCUT2D eigenvalue weighted by Crippen LogP contribution is -2.23. The molecule has 0 radical (unpaired) electrons. The van der Waals surface area contributed by atoms with Crippen molar-refractivity contribution in [3.8, 4) is 0 Å². The Morgan fingerprint density at radius 1 is 1.53 bits per heavy atom. The molecule has 1 heterocycles. The summed E-state index contributed by atoms with van der Waals surface area (Å²) < 4.78 is 0. The van der Waals surface area contributed by atoms with E-state index in [0.717, 1.165) is 12.8 Å². The van der Waals surface area contributed by atoms with Crippen molar-refractivity contribution in [2.75, 3.05) is 0 Å². The Bertz CT molecular complexity index is 312. The molecule has 1 aliphatic carbocycles. The standard InChI is InChI=1S/C12H16O2S/c13-12(14)11(10-3-1-2-4-10)7-9-5-6-15-8-9/h5-6,8,10-11H,1-4,7H2,(H,13,14). The largest absolute Gasteiger partial charge is 0.481 e. The van der Waals surface area contributed by atoms with Crippen LogP contribution in [0.5, 0.6) is 0 Å². The Hall–Kier alpha value is -0.830. The number of carbonyl (C=O) groups is 1. The van der Waals surface area contributed by atoms with Crippen LogP contribution in [-0.4, -0.2) is 11.1 Å². The number of rotatable bonds is 4. The van der Waals surface area contributed by atoms with E-state index < -0.39 is 5.97 Å². The fourth-order valence-corrected chi connectivity index (χ4v) is 3.16. The summed E-state index contributed by atoms with van der Waals surface area (Å²) in [5.41, 5.74) is 1.18. The topological polar surface area (TPSA) is 37.3 Å². The molecule has 1 aliphatic rings. The molecule has 2 rings (SSSR count). The Morgan fingerprint density at radius 2 is 2.27 bits per heavy atom. The van der Waals surface area contributed by atoms with Crippen molar-refractivity contribution in [3.63, 3.8) is 0 Å². The molecule has 0 spiro atoms. The van der Waals surface area contributed by atoms with E-state index in [-0.39, 0.29) is 5.92 Å². The first-order valence-corrected chi connectivity index (χ1v) is 6.45. The summed E-state index contributed by atoms with van der Waals surface area (Å²) >= 11 is 1.64. The predicted octanol–water partition coefficient (Wildman–Crippen LogP) is 3.18. The van der Waals surface area contributed by atoms with Crippen molar-refractivity contribution in [2.45, 2.75) is 32.1 Å². The molecule has 1 unspecified atom stereocenters. The Kier molecular flexibility index (Phi) is 3.41. The summed E-state index contributed by atoms with van der Waals surface area (Å²) in [4.78, 5) is 11.2. The van der Waals surface area contributed by atoms with Gasteiger partial charge in [-0.05, 0) is 47.6 Å². The average molecular weight is 224 g/mol. The second-order valence-electron chi connectivity index (χ2n) is 4.32. The van der Waals surface area contributed by atoms with Crippen molar-refractivity contribution < 1.29 is 9.90 Å². The molecule has 0 saturated heterocycles. The van der Waals surface area contributed by atoms with Crippen molar-refractivity contribution in [1.82, 2.24) is 0 Å². The van der Waals surface area contributed by atoms with Gasteiger partial charge in [-0.15, -0.1) is 0 Å². The highest BCUT2D eigenvalue weighted by Crippen LogP contribution is 2.33. The third kappa shape index (κ3) is 2.59. The van der Waals surface area contributed by atoms with Gasteiger partial charge in [0.2, 0.25) is 0 Å². The molecule has 0 amide bonds. The molecule has 2 nitrogen and oxygen atoms in total. The van der Waals surface area contributed by atoms with Gasteiger partial charge in [-0.3, -0.25) is 4.79 Å². The van der Waals surface area contributed by atoms with Crippen molar-refractivity contribution >= 4 is 17.3 Å². The number of carboxylic acid groups (broad SMARTS) is 1. The molecule has 1 atom stereocenters. The fourth-order valence-electron chi connectivity index (χ4n) is 2.48. The van der Waals surface area contributed by atoms with Crippen LogP contribution in [0.3, 0.4) is 0 Å². The number of thiophene rings is 1. The minimum Gasteiger partial charge on any atom is -0.481 e. The van der Waals surface area contributed by atoms with Crippen LogP contribution in [-0.2, 0) is 11.2 Å². The van der Waals surface area contributed by atoms with Gasteiger partial charge in [-0.2, -0.15) is 11.3 Å². The minimum absolute atomic E-state index is 0.165. The van der Waals surface area contributed by atoms with Gasteiger partial charge in [0.15, 0.2) is 0 Å². The van der Waals surface area contributed by atoms with Gasteiger partial charge in [0.1, 0.15) is 0 Å². The molecule has 1 aromatic rings. The van der Waals surface area contributed by atoms with Crippen molar-refractivity contribution in [1.29, 1.82) is 0 Å². The minimum atomic E-state index is -0.617. The van der Waals surface area contributed by atoms with Gasteiger partial charge in [-0.25, -0.2) is 0 Å². The number of hydrogen-bond acceptors (Lipinski definition) is 2. The van der Waals surface area contributed by atoms with Gasteiger partial charge >= 0.3 is 5.97 Å². The molecule has 0 aromatic carbocycles. The lowest BCUT2D eigenvalue weighted by molar-refractivity contribution is -0.143. The average Bonchev–Trinajstić information content (AvgIpc) is 2.87. The number of carboxylic acids is 1. The van der Waals surface area contributed by atoms with E-state index in [9.17, 15) is 9.90 Å². The van der Waals surface area contributed by atoms with Crippen molar-refractivity contribution in [2.24, 2.45) is 11.8 Å². The van der Waals surface area contributed by atoms with E-state index >= 15 is 0 Å². The lowest BCUT2D eigenvalue weighted by atomic mass is 9.86. The van der Waals surface area contributed by atoms with Crippen LogP contribution in [0.2, 0.25) is 0 Å². The Labute approximate surface area is 93.9 Å². The van der Waals surface area contributed by atoms with Gasteiger partial charge in [0, 0.05) is 0 Å². The molecule has 1 N–H and O–H groups in total. The van der Waals surface area contributed by atoms with Crippen molar-refractivity contribution in [3.05, 3.63) is 22.4 Å². The zero-order valence-corrected chi connectivity index (χ0v) is 9.50. The van der Waals surface area contributed by atoms with Gasteiger partial charge in [0.05, 0.1) is 5.92 Å². The van der Waals surface area contributed by atoms with E-state index in [1.54, 1.807) is 11.3 Å².